The number of hydrogen-bond acceptors (Lipinski definition) is 4. The van der Waals surface area contributed by atoms with Crippen LogP contribution in [0.25, 0.3) is 6.08 Å². The zero-order valence-electron chi connectivity index (χ0n) is 15.0. The first kappa shape index (κ1) is 19.3. The van der Waals surface area contributed by atoms with Crippen LogP contribution in [0.5, 0.6) is 0 Å². The Labute approximate surface area is 150 Å². The van der Waals surface area contributed by atoms with Crippen molar-refractivity contribution in [2.45, 2.75) is 51.7 Å². The lowest BCUT2D eigenvalue weighted by Crippen LogP contribution is -2.04. The monoisotopic (exact) mass is 340 g/mol. The summed E-state index contributed by atoms with van der Waals surface area (Å²) in [5.74, 6) is 0.768. The molecule has 0 saturated carbocycles. The summed E-state index contributed by atoms with van der Waals surface area (Å²) in [6.07, 6.45) is 11.9. The molecule has 0 aliphatic heterocycles. The molecule has 2 aromatic rings. The van der Waals surface area contributed by atoms with E-state index < -0.39 is 0 Å². The quantitative estimate of drug-likeness (QED) is 0.619. The summed E-state index contributed by atoms with van der Waals surface area (Å²) >= 11 is 0. The van der Waals surface area contributed by atoms with Gasteiger partial charge in [-0.25, -0.2) is 9.97 Å². The SMILES string of the molecule is Cc1ncc(C=CC[C@H](O)CCCCCOCc2ccccc2)cn1. The van der Waals surface area contributed by atoms with Crippen LogP contribution in [-0.2, 0) is 11.3 Å². The molecule has 1 heterocycles. The van der Waals surface area contributed by atoms with Gasteiger partial charge in [-0.15, -0.1) is 0 Å². The molecule has 4 heteroatoms. The van der Waals surface area contributed by atoms with Gasteiger partial charge in [-0.2, -0.15) is 0 Å². The standard InChI is InChI=1S/C21H28N2O2/c1-18-22-15-20(16-23-18)11-8-13-21(24)12-6-3-7-14-25-17-19-9-4-2-5-10-19/h2,4-5,8-11,15-16,21,24H,3,6-7,12-14,17H2,1H3/t21-/m1/s1. The first-order valence-corrected chi connectivity index (χ1v) is 8.99. The van der Waals surface area contributed by atoms with E-state index in [9.17, 15) is 5.11 Å². The number of rotatable bonds is 11. The summed E-state index contributed by atoms with van der Waals surface area (Å²) in [5, 5.41) is 10.0. The molecule has 1 aromatic heterocycles. The lowest BCUT2D eigenvalue weighted by Gasteiger charge is -2.08. The molecule has 25 heavy (non-hydrogen) atoms. The molecule has 1 atom stereocenters. The first-order valence-electron chi connectivity index (χ1n) is 8.99. The molecule has 0 spiro atoms. The predicted octanol–water partition coefficient (Wildman–Crippen LogP) is 4.33. The Bertz CT molecular complexity index is 612. The Kier molecular flexibility index (Phi) is 8.87. The summed E-state index contributed by atoms with van der Waals surface area (Å²) in [7, 11) is 0. The second-order valence-electron chi connectivity index (χ2n) is 6.24. The van der Waals surface area contributed by atoms with Crippen molar-refractivity contribution in [1.82, 2.24) is 9.97 Å². The largest absolute Gasteiger partial charge is 0.393 e. The molecule has 0 amide bonds. The molecular weight excluding hydrogens is 312 g/mol. The highest BCUT2D eigenvalue weighted by molar-refractivity contribution is 5.46. The van der Waals surface area contributed by atoms with E-state index in [0.717, 1.165) is 43.7 Å². The van der Waals surface area contributed by atoms with Crippen molar-refractivity contribution < 1.29 is 9.84 Å². The zero-order valence-corrected chi connectivity index (χ0v) is 15.0. The van der Waals surface area contributed by atoms with Gasteiger partial charge in [0.2, 0.25) is 0 Å². The number of nitrogens with zero attached hydrogens (tertiary/aromatic N) is 2. The van der Waals surface area contributed by atoms with Crippen LogP contribution >= 0.6 is 0 Å². The van der Waals surface area contributed by atoms with E-state index in [1.807, 2.05) is 37.3 Å². The van der Waals surface area contributed by atoms with Crippen LogP contribution in [0.4, 0.5) is 0 Å². The molecule has 0 bridgehead atoms. The zero-order chi connectivity index (χ0) is 17.7. The van der Waals surface area contributed by atoms with Gasteiger partial charge in [0.25, 0.3) is 0 Å². The van der Waals surface area contributed by atoms with Gasteiger partial charge in [-0.05, 0) is 31.7 Å². The van der Waals surface area contributed by atoms with Gasteiger partial charge in [0.05, 0.1) is 12.7 Å². The van der Waals surface area contributed by atoms with Gasteiger partial charge in [-0.1, -0.05) is 55.3 Å². The van der Waals surface area contributed by atoms with E-state index in [4.69, 9.17) is 4.74 Å². The second-order valence-corrected chi connectivity index (χ2v) is 6.24. The lowest BCUT2D eigenvalue weighted by molar-refractivity contribution is 0.114. The fraction of sp³-hybridized carbons (Fsp3) is 0.429. The average Bonchev–Trinajstić information content (AvgIpc) is 2.63. The molecule has 134 valence electrons. The number of aromatic nitrogens is 2. The third-order valence-corrected chi connectivity index (χ3v) is 3.96. The van der Waals surface area contributed by atoms with E-state index in [-0.39, 0.29) is 6.10 Å². The summed E-state index contributed by atoms with van der Waals surface area (Å²) in [6, 6.07) is 10.2. The highest BCUT2D eigenvalue weighted by Gasteiger charge is 2.01. The molecular formula is C21H28N2O2. The minimum Gasteiger partial charge on any atom is -0.393 e. The summed E-state index contributed by atoms with van der Waals surface area (Å²) < 4.78 is 5.66. The third kappa shape index (κ3) is 8.57. The Morgan fingerprint density at radius 3 is 2.60 bits per heavy atom. The molecule has 2 rings (SSSR count). The molecule has 0 aliphatic carbocycles. The first-order chi connectivity index (χ1) is 12.2. The molecule has 4 nitrogen and oxygen atoms in total. The Hall–Kier alpha value is -2.04. The van der Waals surface area contributed by atoms with E-state index >= 15 is 0 Å². The lowest BCUT2D eigenvalue weighted by atomic mass is 10.1. The van der Waals surface area contributed by atoms with Crippen molar-refractivity contribution in [3.05, 3.63) is 65.8 Å². The summed E-state index contributed by atoms with van der Waals surface area (Å²) in [4.78, 5) is 8.29. The molecule has 1 aromatic carbocycles. The third-order valence-electron chi connectivity index (χ3n) is 3.96. The number of benzene rings is 1. The van der Waals surface area contributed by atoms with Gasteiger partial charge in [0.1, 0.15) is 5.82 Å². The van der Waals surface area contributed by atoms with Crippen LogP contribution in [0.1, 0.15) is 49.1 Å². The second kappa shape index (κ2) is 11.5. The van der Waals surface area contributed by atoms with Crippen LogP contribution < -0.4 is 0 Å². The smallest absolute Gasteiger partial charge is 0.125 e. The van der Waals surface area contributed by atoms with Crippen molar-refractivity contribution in [3.63, 3.8) is 0 Å². The average molecular weight is 340 g/mol. The maximum atomic E-state index is 10.0. The molecule has 1 N–H and O–H groups in total. The number of aryl methyl sites for hydroxylation is 1. The molecule has 0 aliphatic rings. The van der Waals surface area contributed by atoms with Crippen LogP contribution in [0, 0.1) is 6.92 Å². The Balaban J connectivity index is 1.48. The van der Waals surface area contributed by atoms with Crippen LogP contribution in [-0.4, -0.2) is 27.8 Å². The van der Waals surface area contributed by atoms with Gasteiger partial charge >= 0.3 is 0 Å². The van der Waals surface area contributed by atoms with Crippen molar-refractivity contribution in [2.75, 3.05) is 6.61 Å². The van der Waals surface area contributed by atoms with E-state index in [1.165, 1.54) is 5.56 Å². The van der Waals surface area contributed by atoms with Crippen molar-refractivity contribution in [3.8, 4) is 0 Å². The van der Waals surface area contributed by atoms with Crippen LogP contribution in [0.15, 0.2) is 48.8 Å². The fourth-order valence-corrected chi connectivity index (χ4v) is 2.49. The molecule has 0 unspecified atom stereocenters. The van der Waals surface area contributed by atoms with Crippen molar-refractivity contribution >= 4 is 6.08 Å². The number of unbranched alkanes of at least 4 members (excludes halogenated alkanes) is 2. The van der Waals surface area contributed by atoms with Gasteiger partial charge in [0.15, 0.2) is 0 Å². The predicted molar refractivity (Wildman–Crippen MR) is 101 cm³/mol. The maximum absolute atomic E-state index is 10.0. The van der Waals surface area contributed by atoms with Gasteiger partial charge in [-0.3, -0.25) is 0 Å². The molecule has 0 radical (unpaired) electrons. The highest BCUT2D eigenvalue weighted by Crippen LogP contribution is 2.09. The number of aliphatic hydroxyl groups is 1. The Morgan fingerprint density at radius 2 is 1.84 bits per heavy atom. The number of hydrogen-bond donors (Lipinski definition) is 1. The fourth-order valence-electron chi connectivity index (χ4n) is 2.49. The van der Waals surface area contributed by atoms with Crippen molar-refractivity contribution in [2.24, 2.45) is 0 Å². The Morgan fingerprint density at radius 1 is 1.08 bits per heavy atom. The minimum absolute atomic E-state index is 0.284. The maximum Gasteiger partial charge on any atom is 0.125 e. The van der Waals surface area contributed by atoms with Crippen LogP contribution in [0.3, 0.4) is 0 Å². The van der Waals surface area contributed by atoms with Crippen molar-refractivity contribution in [1.29, 1.82) is 0 Å². The van der Waals surface area contributed by atoms with Gasteiger partial charge in [0, 0.05) is 24.6 Å². The summed E-state index contributed by atoms with van der Waals surface area (Å²) in [6.45, 7) is 3.32. The normalized spacial score (nSPS) is 12.6. The topological polar surface area (TPSA) is 55.2 Å². The van der Waals surface area contributed by atoms with Gasteiger partial charge < -0.3 is 9.84 Å². The van der Waals surface area contributed by atoms with E-state index in [1.54, 1.807) is 12.4 Å². The van der Waals surface area contributed by atoms with Crippen LogP contribution in [0.2, 0.25) is 0 Å². The minimum atomic E-state index is -0.284. The number of ether oxygens (including phenoxy) is 1. The molecule has 0 saturated heterocycles. The molecule has 0 fully saturated rings. The highest BCUT2D eigenvalue weighted by atomic mass is 16.5. The van der Waals surface area contributed by atoms with E-state index in [0.29, 0.717) is 13.0 Å². The summed E-state index contributed by atoms with van der Waals surface area (Å²) in [5.41, 5.74) is 2.18. The van der Waals surface area contributed by atoms with E-state index in [2.05, 4.69) is 22.1 Å². The number of aliphatic hydroxyl groups excluding tert-OH is 1.